The van der Waals surface area contributed by atoms with Crippen LogP contribution in [0.5, 0.6) is 0 Å². The van der Waals surface area contributed by atoms with Gasteiger partial charge in [-0.15, -0.1) is 0 Å². The van der Waals surface area contributed by atoms with E-state index in [0.717, 1.165) is 0 Å². The molecule has 0 atom stereocenters. The molecule has 0 unspecified atom stereocenters. The van der Waals surface area contributed by atoms with E-state index in [1.165, 1.54) is 6.92 Å². The van der Waals surface area contributed by atoms with Crippen LogP contribution in [0.3, 0.4) is 0 Å². The highest BCUT2D eigenvalue weighted by atomic mass is 32.2. The summed E-state index contributed by atoms with van der Waals surface area (Å²) >= 11 is 0. The molecule has 6 nitrogen and oxygen atoms in total. The molecule has 0 aliphatic heterocycles. The van der Waals surface area contributed by atoms with Gasteiger partial charge in [0.2, 0.25) is 5.91 Å². The normalized spacial score (nSPS) is 12.5. The third kappa shape index (κ3) is 9.88. The minimum absolute atomic E-state index is 0.0814. The van der Waals surface area contributed by atoms with Gasteiger partial charge in [-0.1, -0.05) is 0 Å². The van der Waals surface area contributed by atoms with Gasteiger partial charge in [0.25, 0.3) is 0 Å². The number of rotatable bonds is 7. The summed E-state index contributed by atoms with van der Waals surface area (Å²) < 4.78 is 31.8. The molecular formula is C9H20N2O4S. The first-order valence-electron chi connectivity index (χ1n) is 5.12. The lowest BCUT2D eigenvalue weighted by molar-refractivity contribution is -0.889. The largest absolute Gasteiger partial charge is 0.748 e. The highest BCUT2D eigenvalue weighted by Crippen LogP contribution is 2.00. The minimum Gasteiger partial charge on any atom is -0.748 e. The van der Waals surface area contributed by atoms with Crippen molar-refractivity contribution < 1.29 is 22.2 Å². The summed E-state index contributed by atoms with van der Waals surface area (Å²) in [5.74, 6) is -0.406. The summed E-state index contributed by atoms with van der Waals surface area (Å²) in [6, 6.07) is 0. The Morgan fingerprint density at radius 2 is 1.88 bits per heavy atom. The third-order valence-electron chi connectivity index (χ3n) is 2.25. The van der Waals surface area contributed by atoms with E-state index in [-0.39, 0.29) is 11.7 Å². The van der Waals surface area contributed by atoms with Gasteiger partial charge in [-0.3, -0.25) is 4.79 Å². The van der Waals surface area contributed by atoms with Crippen LogP contribution in [-0.2, 0) is 14.9 Å². The summed E-state index contributed by atoms with van der Waals surface area (Å²) in [4.78, 5) is 10.6. The van der Waals surface area contributed by atoms with Crippen molar-refractivity contribution in [2.75, 3.05) is 39.5 Å². The minimum atomic E-state index is -4.11. The first-order chi connectivity index (χ1) is 7.12. The van der Waals surface area contributed by atoms with Crippen molar-refractivity contribution in [2.24, 2.45) is 0 Å². The molecule has 0 aromatic rings. The Kier molecular flexibility index (Phi) is 5.91. The van der Waals surface area contributed by atoms with Gasteiger partial charge in [0.05, 0.1) is 43.8 Å². The van der Waals surface area contributed by atoms with Crippen LogP contribution < -0.4 is 5.32 Å². The van der Waals surface area contributed by atoms with E-state index in [1.807, 2.05) is 14.1 Å². The maximum Gasteiger partial charge on any atom is 0.217 e. The monoisotopic (exact) mass is 252 g/mol. The maximum atomic E-state index is 10.6. The zero-order chi connectivity index (χ0) is 12.8. The fourth-order valence-corrected chi connectivity index (χ4v) is 1.80. The molecule has 0 aliphatic rings. The summed E-state index contributed by atoms with van der Waals surface area (Å²) in [6.45, 7) is 3.30. The number of hydrogen-bond donors (Lipinski definition) is 1. The zero-order valence-electron chi connectivity index (χ0n) is 10.0. The molecule has 7 heteroatoms. The molecule has 0 saturated carbocycles. The second-order valence-corrected chi connectivity index (χ2v) is 6.00. The average molecular weight is 252 g/mol. The molecule has 0 aromatic carbocycles. The second-order valence-electron chi connectivity index (χ2n) is 4.48. The van der Waals surface area contributed by atoms with Gasteiger partial charge in [0.1, 0.15) is 0 Å². The number of nitrogens with one attached hydrogen (secondary N) is 1. The van der Waals surface area contributed by atoms with E-state index in [9.17, 15) is 17.8 Å². The van der Waals surface area contributed by atoms with Crippen LogP contribution >= 0.6 is 0 Å². The van der Waals surface area contributed by atoms with Crippen molar-refractivity contribution >= 4 is 16.0 Å². The average Bonchev–Trinajstić information content (AvgIpc) is 1.99. The second kappa shape index (κ2) is 6.17. The van der Waals surface area contributed by atoms with Gasteiger partial charge in [-0.25, -0.2) is 8.42 Å². The predicted molar refractivity (Wildman–Crippen MR) is 59.7 cm³/mol. The van der Waals surface area contributed by atoms with Crippen LogP contribution in [-0.4, -0.2) is 62.8 Å². The Morgan fingerprint density at radius 1 is 1.31 bits per heavy atom. The highest BCUT2D eigenvalue weighted by molar-refractivity contribution is 7.85. The number of carbonyl (C=O) groups is 1. The van der Waals surface area contributed by atoms with Gasteiger partial charge >= 0.3 is 0 Å². The van der Waals surface area contributed by atoms with Gasteiger partial charge in [0.15, 0.2) is 0 Å². The molecule has 0 aromatic heterocycles. The topological polar surface area (TPSA) is 86.3 Å². The highest BCUT2D eigenvalue weighted by Gasteiger charge is 2.14. The molecule has 0 saturated heterocycles. The Hall–Kier alpha value is -0.660. The number of likely N-dealkylation sites (N-methyl/N-ethyl adjacent to an activating group) is 1. The quantitative estimate of drug-likeness (QED) is 0.471. The van der Waals surface area contributed by atoms with E-state index in [2.05, 4.69) is 5.32 Å². The smallest absolute Gasteiger partial charge is 0.217 e. The number of hydrogen-bond acceptors (Lipinski definition) is 4. The standard InChI is InChI=1S/C9H20N2O4S/c1-9(12)10-5-7-11(2,3)6-4-8-16(13,14)15/h4-8H2,1-3H3,(H-,10,12,13,14,15). The van der Waals surface area contributed by atoms with Gasteiger partial charge < -0.3 is 14.4 Å². The summed E-state index contributed by atoms with van der Waals surface area (Å²) in [7, 11) is -0.251. The van der Waals surface area contributed by atoms with E-state index >= 15 is 0 Å². The Morgan fingerprint density at radius 3 is 2.31 bits per heavy atom. The Balaban J connectivity index is 3.82. The van der Waals surface area contributed by atoms with Crippen molar-refractivity contribution in [1.29, 1.82) is 0 Å². The van der Waals surface area contributed by atoms with Crippen LogP contribution in [0.2, 0.25) is 0 Å². The van der Waals surface area contributed by atoms with Crippen LogP contribution in [0.1, 0.15) is 13.3 Å². The van der Waals surface area contributed by atoms with Crippen molar-refractivity contribution in [3.8, 4) is 0 Å². The Labute approximate surface area is 97.0 Å². The van der Waals surface area contributed by atoms with Gasteiger partial charge in [0, 0.05) is 19.1 Å². The fourth-order valence-electron chi connectivity index (χ4n) is 1.32. The lowest BCUT2D eigenvalue weighted by Crippen LogP contribution is -2.46. The number of amides is 1. The van der Waals surface area contributed by atoms with E-state index < -0.39 is 10.1 Å². The van der Waals surface area contributed by atoms with Gasteiger partial charge in [-0.05, 0) is 0 Å². The molecule has 1 amide bonds. The van der Waals surface area contributed by atoms with Crippen LogP contribution in [0.25, 0.3) is 0 Å². The number of nitrogens with zero attached hydrogens (tertiary/aromatic N) is 1. The predicted octanol–water partition coefficient (Wildman–Crippen LogP) is -0.866. The number of carbonyl (C=O) groups excluding carboxylic acids is 1. The molecule has 0 rings (SSSR count). The van der Waals surface area contributed by atoms with Crippen molar-refractivity contribution in [1.82, 2.24) is 5.32 Å². The van der Waals surface area contributed by atoms with Crippen molar-refractivity contribution in [2.45, 2.75) is 13.3 Å². The van der Waals surface area contributed by atoms with E-state index in [4.69, 9.17) is 0 Å². The molecule has 0 bridgehead atoms. The SMILES string of the molecule is CC(=O)NCC[N+](C)(C)CCCS(=O)(=O)[O-]. The molecule has 96 valence electrons. The lowest BCUT2D eigenvalue weighted by Gasteiger charge is -2.30. The summed E-state index contributed by atoms with van der Waals surface area (Å²) in [6.07, 6.45) is 0.346. The third-order valence-corrected chi connectivity index (χ3v) is 3.04. The van der Waals surface area contributed by atoms with Crippen LogP contribution in [0, 0.1) is 0 Å². The zero-order valence-corrected chi connectivity index (χ0v) is 10.8. The van der Waals surface area contributed by atoms with Crippen molar-refractivity contribution in [3.05, 3.63) is 0 Å². The van der Waals surface area contributed by atoms with Gasteiger partial charge in [-0.2, -0.15) is 0 Å². The maximum absolute atomic E-state index is 10.6. The number of quaternary nitrogens is 1. The molecule has 1 N–H and O–H groups in total. The molecule has 0 aliphatic carbocycles. The Bertz CT molecular complexity index is 324. The first-order valence-corrected chi connectivity index (χ1v) is 6.70. The molecule has 0 radical (unpaired) electrons. The molecule has 0 heterocycles. The van der Waals surface area contributed by atoms with Crippen LogP contribution in [0.4, 0.5) is 0 Å². The lowest BCUT2D eigenvalue weighted by atomic mass is 10.3. The summed E-state index contributed by atoms with van der Waals surface area (Å²) in [5.41, 5.74) is 0. The molecular weight excluding hydrogens is 232 g/mol. The molecule has 0 fully saturated rings. The molecule has 16 heavy (non-hydrogen) atoms. The van der Waals surface area contributed by atoms with E-state index in [1.54, 1.807) is 0 Å². The van der Waals surface area contributed by atoms with Crippen molar-refractivity contribution in [3.63, 3.8) is 0 Å². The summed E-state index contributed by atoms with van der Waals surface area (Å²) in [5, 5.41) is 2.67. The first kappa shape index (κ1) is 15.3. The fraction of sp³-hybridized carbons (Fsp3) is 0.889. The van der Waals surface area contributed by atoms with Crippen LogP contribution in [0.15, 0.2) is 0 Å². The van der Waals surface area contributed by atoms with E-state index in [0.29, 0.717) is 30.5 Å². The molecule has 0 spiro atoms.